The average molecular weight is 246 g/mol. The van der Waals surface area contributed by atoms with Crippen LogP contribution < -0.4 is 5.63 Å². The standard InChI is InChI=1S/C13H10O5/c14-7-8-1-3-11-10(5-8)6-9(13(17)18-11)2-4-12(15)16/h1-6,14H,7H2,(H,15,16)/b4-2+. The molecule has 1 heterocycles. The summed E-state index contributed by atoms with van der Waals surface area (Å²) in [6.07, 6.45) is 2.05. The van der Waals surface area contributed by atoms with Crippen LogP contribution >= 0.6 is 0 Å². The maximum Gasteiger partial charge on any atom is 0.343 e. The molecule has 0 fully saturated rings. The van der Waals surface area contributed by atoms with E-state index in [0.29, 0.717) is 16.5 Å². The van der Waals surface area contributed by atoms with Gasteiger partial charge in [0.25, 0.3) is 0 Å². The third kappa shape index (κ3) is 2.46. The summed E-state index contributed by atoms with van der Waals surface area (Å²) in [5, 5.41) is 18.2. The van der Waals surface area contributed by atoms with Crippen molar-refractivity contribution >= 4 is 23.0 Å². The number of hydrogen-bond acceptors (Lipinski definition) is 4. The van der Waals surface area contributed by atoms with E-state index in [2.05, 4.69) is 0 Å². The van der Waals surface area contributed by atoms with Crippen molar-refractivity contribution in [2.75, 3.05) is 0 Å². The smallest absolute Gasteiger partial charge is 0.343 e. The van der Waals surface area contributed by atoms with Crippen molar-refractivity contribution in [3.8, 4) is 0 Å². The summed E-state index contributed by atoms with van der Waals surface area (Å²) in [6.45, 7) is -0.116. The van der Waals surface area contributed by atoms with E-state index in [4.69, 9.17) is 14.6 Å². The molecular weight excluding hydrogens is 236 g/mol. The molecule has 18 heavy (non-hydrogen) atoms. The molecule has 5 nitrogen and oxygen atoms in total. The second-order valence-electron chi connectivity index (χ2n) is 3.69. The number of hydrogen-bond donors (Lipinski definition) is 2. The summed E-state index contributed by atoms with van der Waals surface area (Å²) in [7, 11) is 0. The lowest BCUT2D eigenvalue weighted by Crippen LogP contribution is -2.03. The van der Waals surface area contributed by atoms with Crippen molar-refractivity contribution in [3.63, 3.8) is 0 Å². The van der Waals surface area contributed by atoms with E-state index in [1.54, 1.807) is 18.2 Å². The predicted molar refractivity (Wildman–Crippen MR) is 65.1 cm³/mol. The van der Waals surface area contributed by atoms with E-state index in [1.165, 1.54) is 12.1 Å². The molecule has 0 bridgehead atoms. The van der Waals surface area contributed by atoms with Crippen LogP contribution in [0.25, 0.3) is 17.0 Å². The summed E-state index contributed by atoms with van der Waals surface area (Å²) in [4.78, 5) is 21.9. The number of rotatable bonds is 3. The van der Waals surface area contributed by atoms with Gasteiger partial charge in [-0.15, -0.1) is 0 Å². The minimum absolute atomic E-state index is 0.116. The fourth-order valence-corrected chi connectivity index (χ4v) is 1.56. The largest absolute Gasteiger partial charge is 0.478 e. The Morgan fingerprint density at radius 2 is 2.11 bits per heavy atom. The molecule has 1 aromatic heterocycles. The van der Waals surface area contributed by atoms with Gasteiger partial charge in [0.15, 0.2) is 0 Å². The number of carbonyl (C=O) groups is 1. The zero-order valence-electron chi connectivity index (χ0n) is 9.29. The van der Waals surface area contributed by atoms with Gasteiger partial charge in [0.2, 0.25) is 0 Å². The second kappa shape index (κ2) is 4.85. The van der Waals surface area contributed by atoms with Crippen LogP contribution in [0, 0.1) is 0 Å². The van der Waals surface area contributed by atoms with E-state index < -0.39 is 11.6 Å². The fraction of sp³-hybridized carbons (Fsp3) is 0.0769. The molecule has 0 aliphatic heterocycles. The molecule has 0 saturated carbocycles. The number of aliphatic hydroxyl groups excluding tert-OH is 1. The molecule has 5 heteroatoms. The first-order valence-corrected chi connectivity index (χ1v) is 5.19. The Balaban J connectivity index is 2.58. The summed E-state index contributed by atoms with van der Waals surface area (Å²) in [5.41, 5.74) is 0.630. The van der Waals surface area contributed by atoms with Crippen LogP contribution in [-0.4, -0.2) is 16.2 Å². The average Bonchev–Trinajstić information content (AvgIpc) is 2.35. The highest BCUT2D eigenvalue weighted by atomic mass is 16.4. The number of fused-ring (bicyclic) bond motifs is 1. The molecule has 0 aliphatic rings. The van der Waals surface area contributed by atoms with Gasteiger partial charge in [-0.1, -0.05) is 6.07 Å². The highest BCUT2D eigenvalue weighted by Gasteiger charge is 2.04. The van der Waals surface area contributed by atoms with Crippen molar-refractivity contribution in [2.45, 2.75) is 6.61 Å². The molecule has 92 valence electrons. The van der Waals surface area contributed by atoms with E-state index >= 15 is 0 Å². The molecule has 2 N–H and O–H groups in total. The zero-order valence-corrected chi connectivity index (χ0v) is 9.29. The minimum atomic E-state index is -1.14. The minimum Gasteiger partial charge on any atom is -0.478 e. The van der Waals surface area contributed by atoms with Crippen molar-refractivity contribution in [1.82, 2.24) is 0 Å². The summed E-state index contributed by atoms with van der Waals surface area (Å²) in [5.74, 6) is -1.14. The Labute approximate surface area is 102 Å². The van der Waals surface area contributed by atoms with E-state index in [-0.39, 0.29) is 12.2 Å². The SMILES string of the molecule is O=C(O)/C=C/c1cc2cc(CO)ccc2oc1=O. The van der Waals surface area contributed by atoms with Crippen LogP contribution in [0.4, 0.5) is 0 Å². The van der Waals surface area contributed by atoms with Gasteiger partial charge in [-0.05, 0) is 29.8 Å². The van der Waals surface area contributed by atoms with Gasteiger partial charge in [-0.3, -0.25) is 0 Å². The van der Waals surface area contributed by atoms with Crippen LogP contribution in [0.1, 0.15) is 11.1 Å². The van der Waals surface area contributed by atoms with Gasteiger partial charge in [0.1, 0.15) is 5.58 Å². The number of carboxylic acid groups (broad SMARTS) is 1. The third-order valence-electron chi connectivity index (χ3n) is 2.41. The Morgan fingerprint density at radius 3 is 2.78 bits per heavy atom. The van der Waals surface area contributed by atoms with Crippen LogP contribution in [-0.2, 0) is 11.4 Å². The molecule has 2 aromatic rings. The van der Waals surface area contributed by atoms with Crippen LogP contribution in [0.2, 0.25) is 0 Å². The highest BCUT2D eigenvalue weighted by Crippen LogP contribution is 2.16. The number of aliphatic carboxylic acids is 1. The molecule has 0 unspecified atom stereocenters. The van der Waals surface area contributed by atoms with Gasteiger partial charge in [-0.25, -0.2) is 9.59 Å². The van der Waals surface area contributed by atoms with Gasteiger partial charge in [0.05, 0.1) is 12.2 Å². The van der Waals surface area contributed by atoms with Crippen LogP contribution in [0.3, 0.4) is 0 Å². The maximum absolute atomic E-state index is 11.5. The molecular formula is C13H10O5. The molecule has 0 radical (unpaired) electrons. The van der Waals surface area contributed by atoms with Gasteiger partial charge in [0, 0.05) is 11.5 Å². The Bertz CT molecular complexity index is 681. The molecule has 0 spiro atoms. The molecule has 0 aliphatic carbocycles. The molecule has 2 rings (SSSR count). The maximum atomic E-state index is 11.5. The zero-order chi connectivity index (χ0) is 13.1. The molecule has 0 amide bonds. The quantitative estimate of drug-likeness (QED) is 0.631. The predicted octanol–water partition coefficient (Wildman–Crippen LogP) is 1.38. The van der Waals surface area contributed by atoms with Gasteiger partial charge < -0.3 is 14.6 Å². The summed E-state index contributed by atoms with van der Waals surface area (Å²) < 4.78 is 5.04. The lowest BCUT2D eigenvalue weighted by molar-refractivity contribution is -0.131. The second-order valence-corrected chi connectivity index (χ2v) is 3.69. The van der Waals surface area contributed by atoms with E-state index in [1.807, 2.05) is 0 Å². The van der Waals surface area contributed by atoms with Crippen molar-refractivity contribution in [3.05, 3.63) is 51.9 Å². The van der Waals surface area contributed by atoms with Gasteiger partial charge >= 0.3 is 11.6 Å². The van der Waals surface area contributed by atoms with Crippen molar-refractivity contribution in [1.29, 1.82) is 0 Å². The molecule has 1 aromatic carbocycles. The van der Waals surface area contributed by atoms with Crippen LogP contribution in [0.5, 0.6) is 0 Å². The first-order valence-electron chi connectivity index (χ1n) is 5.19. The molecule has 0 saturated heterocycles. The van der Waals surface area contributed by atoms with Crippen LogP contribution in [0.15, 0.2) is 39.6 Å². The topological polar surface area (TPSA) is 87.7 Å². The van der Waals surface area contributed by atoms with Crippen molar-refractivity contribution in [2.24, 2.45) is 0 Å². The van der Waals surface area contributed by atoms with Crippen molar-refractivity contribution < 1.29 is 19.4 Å². The summed E-state index contributed by atoms with van der Waals surface area (Å²) >= 11 is 0. The Morgan fingerprint density at radius 1 is 1.33 bits per heavy atom. The third-order valence-corrected chi connectivity index (χ3v) is 2.41. The molecule has 0 atom stereocenters. The van der Waals surface area contributed by atoms with Gasteiger partial charge in [-0.2, -0.15) is 0 Å². The first kappa shape index (κ1) is 12.1. The lowest BCUT2D eigenvalue weighted by atomic mass is 10.1. The monoisotopic (exact) mass is 246 g/mol. The summed E-state index contributed by atoms with van der Waals surface area (Å²) in [6, 6.07) is 6.45. The number of benzene rings is 1. The lowest BCUT2D eigenvalue weighted by Gasteiger charge is -2.00. The Kier molecular flexibility index (Phi) is 3.25. The Hall–Kier alpha value is -2.40. The van der Waals surface area contributed by atoms with E-state index in [0.717, 1.165) is 6.08 Å². The fourth-order valence-electron chi connectivity index (χ4n) is 1.56. The highest BCUT2D eigenvalue weighted by molar-refractivity contribution is 5.86. The normalized spacial score (nSPS) is 11.2. The van der Waals surface area contributed by atoms with E-state index in [9.17, 15) is 9.59 Å². The first-order chi connectivity index (χ1) is 8.60. The number of aliphatic hydroxyl groups is 1. The number of carboxylic acids is 1.